The molecule has 0 spiro atoms. The third-order valence-electron chi connectivity index (χ3n) is 6.86. The largest absolute Gasteiger partial charge is 0.489 e. The fraction of sp³-hybridized carbons (Fsp3) is 0.111. The lowest BCUT2D eigenvalue weighted by Crippen LogP contribution is -2.17. The van der Waals surface area contributed by atoms with E-state index >= 15 is 0 Å². The second-order valence-corrected chi connectivity index (χ2v) is 9.57. The van der Waals surface area contributed by atoms with E-state index in [-0.39, 0.29) is 18.3 Å². The molecule has 0 saturated heterocycles. The van der Waals surface area contributed by atoms with Crippen LogP contribution in [0.2, 0.25) is 0 Å². The molecule has 0 aliphatic heterocycles. The van der Waals surface area contributed by atoms with Crippen molar-refractivity contribution in [1.82, 2.24) is 0 Å². The van der Waals surface area contributed by atoms with Gasteiger partial charge in [0.25, 0.3) is 0 Å². The van der Waals surface area contributed by atoms with Gasteiger partial charge in [-0.25, -0.2) is 0 Å². The Kier molecular flexibility index (Phi) is 8.47. The summed E-state index contributed by atoms with van der Waals surface area (Å²) in [6.45, 7) is 4.06. The summed E-state index contributed by atoms with van der Waals surface area (Å²) in [6.07, 6.45) is 10.1. The molecular weight excluding hydrogens is 496 g/mol. The minimum Gasteiger partial charge on any atom is -0.489 e. The van der Waals surface area contributed by atoms with Crippen molar-refractivity contribution in [3.05, 3.63) is 157 Å². The average Bonchev–Trinajstić information content (AvgIpc) is 3.01. The number of Topliss-reactive ketones (excluding diaryl/α,β-unsaturated/α-hetero) is 1. The van der Waals surface area contributed by atoms with Gasteiger partial charge in [0.15, 0.2) is 5.78 Å². The van der Waals surface area contributed by atoms with Crippen LogP contribution in [0.15, 0.2) is 140 Å². The number of allylic oxidation sites excluding steroid dienone is 4. The number of ether oxygens (including phenoxy) is 2. The molecule has 0 amide bonds. The van der Waals surface area contributed by atoms with Crippen molar-refractivity contribution in [2.24, 2.45) is 5.92 Å². The molecular formula is C36H30O4. The van der Waals surface area contributed by atoms with Crippen LogP contribution in [0.1, 0.15) is 33.8 Å². The van der Waals surface area contributed by atoms with E-state index in [4.69, 9.17) is 9.47 Å². The SMILES string of the molecule is C=CC(C(=O)Oc1ccc(-c2ccccc2)c(COc2cccc(C(=O)C3C=CC=CC3)c2)c1)c1ccccc1. The Morgan fingerprint density at radius 1 is 0.850 bits per heavy atom. The van der Waals surface area contributed by atoms with E-state index in [1.54, 1.807) is 18.2 Å². The van der Waals surface area contributed by atoms with E-state index in [0.29, 0.717) is 23.5 Å². The Hall–Kier alpha value is -4.96. The summed E-state index contributed by atoms with van der Waals surface area (Å²) in [4.78, 5) is 26.1. The molecule has 2 atom stereocenters. The highest BCUT2D eigenvalue weighted by Crippen LogP contribution is 2.30. The second kappa shape index (κ2) is 12.7. The molecule has 0 saturated carbocycles. The van der Waals surface area contributed by atoms with E-state index in [0.717, 1.165) is 22.3 Å². The van der Waals surface area contributed by atoms with Crippen LogP contribution < -0.4 is 9.47 Å². The van der Waals surface area contributed by atoms with Gasteiger partial charge in [-0.1, -0.05) is 109 Å². The standard InChI is InChI=1S/C36H30O4/c1-2-33(26-13-6-3-7-14-26)36(38)40-32-21-22-34(27-15-8-4-9-16-27)30(24-32)25-39-31-20-12-19-29(23-31)35(37)28-17-10-5-11-18-28/h2-17,19-24,28,33H,1,18,25H2. The van der Waals surface area contributed by atoms with Crippen LogP contribution in [-0.4, -0.2) is 11.8 Å². The molecule has 4 heteroatoms. The summed E-state index contributed by atoms with van der Waals surface area (Å²) < 4.78 is 12.0. The summed E-state index contributed by atoms with van der Waals surface area (Å²) in [5.74, 6) is -0.0555. The predicted octanol–water partition coefficient (Wildman–Crippen LogP) is 8.12. The Balaban J connectivity index is 1.37. The van der Waals surface area contributed by atoms with Crippen molar-refractivity contribution in [2.75, 3.05) is 0 Å². The Morgan fingerprint density at radius 2 is 1.62 bits per heavy atom. The third kappa shape index (κ3) is 6.36. The van der Waals surface area contributed by atoms with Crippen LogP contribution >= 0.6 is 0 Å². The molecule has 198 valence electrons. The highest BCUT2D eigenvalue weighted by molar-refractivity contribution is 5.99. The van der Waals surface area contributed by atoms with Gasteiger partial charge in [-0.3, -0.25) is 9.59 Å². The third-order valence-corrected chi connectivity index (χ3v) is 6.86. The van der Waals surface area contributed by atoms with Crippen LogP contribution in [0.3, 0.4) is 0 Å². The van der Waals surface area contributed by atoms with Crippen molar-refractivity contribution in [3.8, 4) is 22.6 Å². The Morgan fingerprint density at radius 3 is 2.35 bits per heavy atom. The van der Waals surface area contributed by atoms with E-state index < -0.39 is 11.9 Å². The van der Waals surface area contributed by atoms with E-state index in [1.807, 2.05) is 115 Å². The van der Waals surface area contributed by atoms with Crippen molar-refractivity contribution >= 4 is 11.8 Å². The first-order chi connectivity index (χ1) is 19.6. The molecule has 5 rings (SSSR count). The molecule has 1 aliphatic carbocycles. The van der Waals surface area contributed by atoms with Gasteiger partial charge in [0.05, 0.1) is 0 Å². The number of hydrogen-bond donors (Lipinski definition) is 0. The van der Waals surface area contributed by atoms with Crippen molar-refractivity contribution < 1.29 is 19.1 Å². The average molecular weight is 527 g/mol. The summed E-state index contributed by atoms with van der Waals surface area (Å²) >= 11 is 0. The van der Waals surface area contributed by atoms with Crippen LogP contribution in [0, 0.1) is 5.92 Å². The lowest BCUT2D eigenvalue weighted by atomic mass is 9.92. The number of hydrogen-bond acceptors (Lipinski definition) is 4. The van der Waals surface area contributed by atoms with Crippen LogP contribution in [-0.2, 0) is 11.4 Å². The lowest BCUT2D eigenvalue weighted by Gasteiger charge is -2.16. The first-order valence-electron chi connectivity index (χ1n) is 13.3. The van der Waals surface area contributed by atoms with Gasteiger partial charge in [0, 0.05) is 17.0 Å². The van der Waals surface area contributed by atoms with Crippen LogP contribution in [0.5, 0.6) is 11.5 Å². The number of benzene rings is 4. The van der Waals surface area contributed by atoms with Gasteiger partial charge in [-0.2, -0.15) is 0 Å². The molecule has 1 aliphatic rings. The van der Waals surface area contributed by atoms with E-state index in [2.05, 4.69) is 6.58 Å². The van der Waals surface area contributed by atoms with Gasteiger partial charge in [-0.15, -0.1) is 6.58 Å². The molecule has 0 fully saturated rings. The zero-order chi connectivity index (χ0) is 27.7. The summed E-state index contributed by atoms with van der Waals surface area (Å²) in [5, 5.41) is 0. The van der Waals surface area contributed by atoms with E-state index in [1.165, 1.54) is 0 Å². The molecule has 0 heterocycles. The van der Waals surface area contributed by atoms with Gasteiger partial charge in [0.1, 0.15) is 24.0 Å². The zero-order valence-electron chi connectivity index (χ0n) is 22.1. The number of ketones is 1. The normalized spacial score (nSPS) is 14.8. The monoisotopic (exact) mass is 526 g/mol. The highest BCUT2D eigenvalue weighted by atomic mass is 16.5. The maximum Gasteiger partial charge on any atom is 0.322 e. The molecule has 40 heavy (non-hydrogen) atoms. The quantitative estimate of drug-likeness (QED) is 0.0906. The number of rotatable bonds is 10. The number of esters is 1. The maximum absolute atomic E-state index is 13.1. The second-order valence-electron chi connectivity index (χ2n) is 9.57. The maximum atomic E-state index is 13.1. The van der Waals surface area contributed by atoms with Gasteiger partial charge in [0.2, 0.25) is 0 Å². The molecule has 0 radical (unpaired) electrons. The van der Waals surface area contributed by atoms with Gasteiger partial charge >= 0.3 is 5.97 Å². The van der Waals surface area contributed by atoms with Crippen molar-refractivity contribution in [3.63, 3.8) is 0 Å². The molecule has 0 N–H and O–H groups in total. The lowest BCUT2D eigenvalue weighted by molar-refractivity contribution is -0.134. The smallest absolute Gasteiger partial charge is 0.322 e. The Bertz CT molecular complexity index is 1550. The van der Waals surface area contributed by atoms with E-state index in [9.17, 15) is 9.59 Å². The molecule has 4 aromatic rings. The molecule has 0 aromatic heterocycles. The summed E-state index contributed by atoms with van der Waals surface area (Å²) in [7, 11) is 0. The van der Waals surface area contributed by atoms with Gasteiger partial charge in [-0.05, 0) is 47.4 Å². The fourth-order valence-electron chi connectivity index (χ4n) is 4.75. The summed E-state index contributed by atoms with van der Waals surface area (Å²) in [6, 6.07) is 32.2. The number of carbonyl (C=O) groups excluding carboxylic acids is 2. The fourth-order valence-corrected chi connectivity index (χ4v) is 4.75. The minimum atomic E-state index is -0.579. The predicted molar refractivity (Wildman–Crippen MR) is 158 cm³/mol. The zero-order valence-corrected chi connectivity index (χ0v) is 22.1. The first-order valence-corrected chi connectivity index (χ1v) is 13.3. The van der Waals surface area contributed by atoms with Crippen LogP contribution in [0.25, 0.3) is 11.1 Å². The molecule has 0 bridgehead atoms. The Labute approximate surface area is 234 Å². The molecule has 4 nitrogen and oxygen atoms in total. The number of carbonyl (C=O) groups is 2. The topological polar surface area (TPSA) is 52.6 Å². The first kappa shape index (κ1) is 26.6. The molecule has 4 aromatic carbocycles. The molecule has 2 unspecified atom stereocenters. The highest BCUT2D eigenvalue weighted by Gasteiger charge is 2.21. The van der Waals surface area contributed by atoms with Crippen molar-refractivity contribution in [2.45, 2.75) is 18.9 Å². The van der Waals surface area contributed by atoms with Gasteiger partial charge < -0.3 is 9.47 Å². The minimum absolute atomic E-state index is 0.0696. The van der Waals surface area contributed by atoms with Crippen LogP contribution in [0.4, 0.5) is 0 Å². The van der Waals surface area contributed by atoms with Crippen molar-refractivity contribution in [1.29, 1.82) is 0 Å². The summed E-state index contributed by atoms with van der Waals surface area (Å²) in [5.41, 5.74) is 4.28.